The van der Waals surface area contributed by atoms with Crippen molar-refractivity contribution in [3.63, 3.8) is 0 Å². The predicted molar refractivity (Wildman–Crippen MR) is 56.3 cm³/mol. The van der Waals surface area contributed by atoms with Gasteiger partial charge in [0.2, 0.25) is 0 Å². The molecule has 0 radical (unpaired) electrons. The van der Waals surface area contributed by atoms with Crippen molar-refractivity contribution in [3.8, 4) is 0 Å². The fraction of sp³-hybridized carbons (Fsp3) is 0.364. The number of hydrogen-bond donors (Lipinski definition) is 1. The minimum Gasteiger partial charge on any atom is -0.396 e. The Morgan fingerprint density at radius 3 is 2.88 bits per heavy atom. The topological polar surface area (TPSA) is 38.0 Å². The molecular weight excluding hydrogens is 214 g/mol. The van der Waals surface area contributed by atoms with Crippen LogP contribution in [0, 0.1) is 0 Å². The number of imidazole rings is 1. The quantitative estimate of drug-likeness (QED) is 0.869. The third-order valence-electron chi connectivity index (χ3n) is 2.57. The standard InChI is InChI=1S/C11H12F2N2O/c1-15-7-14-9-6-8(2-3-10(9)15)11(12,13)4-5-16/h2-3,6-7,16H,4-5H2,1H3. The molecule has 1 aromatic heterocycles. The molecule has 16 heavy (non-hydrogen) atoms. The first-order valence-electron chi connectivity index (χ1n) is 4.95. The smallest absolute Gasteiger partial charge is 0.275 e. The summed E-state index contributed by atoms with van der Waals surface area (Å²) in [6.45, 7) is -0.534. The van der Waals surface area contributed by atoms with Crippen molar-refractivity contribution in [2.45, 2.75) is 12.3 Å². The molecular formula is C11H12F2N2O. The fourth-order valence-electron chi connectivity index (χ4n) is 1.65. The average molecular weight is 226 g/mol. The molecule has 86 valence electrons. The van der Waals surface area contributed by atoms with E-state index in [4.69, 9.17) is 5.11 Å². The highest BCUT2D eigenvalue weighted by atomic mass is 19.3. The molecule has 0 atom stereocenters. The summed E-state index contributed by atoms with van der Waals surface area (Å²) in [5, 5.41) is 8.58. The fourth-order valence-corrected chi connectivity index (χ4v) is 1.65. The van der Waals surface area contributed by atoms with Crippen LogP contribution in [0.15, 0.2) is 24.5 Å². The predicted octanol–water partition coefficient (Wildman–Crippen LogP) is 2.05. The number of hydrogen-bond acceptors (Lipinski definition) is 2. The number of fused-ring (bicyclic) bond motifs is 1. The van der Waals surface area contributed by atoms with E-state index in [9.17, 15) is 8.78 Å². The van der Waals surface area contributed by atoms with Gasteiger partial charge in [-0.05, 0) is 12.1 Å². The van der Waals surface area contributed by atoms with E-state index in [1.54, 1.807) is 24.0 Å². The lowest BCUT2D eigenvalue weighted by Crippen LogP contribution is -2.15. The number of halogens is 2. The molecule has 0 spiro atoms. The third-order valence-corrected chi connectivity index (χ3v) is 2.57. The van der Waals surface area contributed by atoms with Gasteiger partial charge in [0.25, 0.3) is 5.92 Å². The van der Waals surface area contributed by atoms with E-state index in [1.807, 2.05) is 0 Å². The number of aliphatic hydroxyl groups excluding tert-OH is 1. The van der Waals surface area contributed by atoms with Crippen LogP contribution >= 0.6 is 0 Å². The Morgan fingerprint density at radius 2 is 2.19 bits per heavy atom. The van der Waals surface area contributed by atoms with Gasteiger partial charge in [0.05, 0.1) is 17.4 Å². The summed E-state index contributed by atoms with van der Waals surface area (Å²) in [7, 11) is 1.81. The van der Waals surface area contributed by atoms with Gasteiger partial charge in [-0.1, -0.05) is 6.07 Å². The van der Waals surface area contributed by atoms with Crippen LogP contribution in [-0.2, 0) is 13.0 Å². The van der Waals surface area contributed by atoms with Crippen molar-refractivity contribution >= 4 is 11.0 Å². The van der Waals surface area contributed by atoms with Crippen molar-refractivity contribution in [1.82, 2.24) is 9.55 Å². The molecule has 2 aromatic rings. The molecule has 0 amide bonds. The Bertz CT molecular complexity index is 508. The Hall–Kier alpha value is -1.49. The molecule has 0 unspecified atom stereocenters. The number of aliphatic hydroxyl groups is 1. The normalized spacial score (nSPS) is 12.2. The maximum absolute atomic E-state index is 13.5. The molecule has 0 bridgehead atoms. The van der Waals surface area contributed by atoms with Crippen molar-refractivity contribution in [2.75, 3.05) is 6.61 Å². The van der Waals surface area contributed by atoms with E-state index < -0.39 is 19.0 Å². The average Bonchev–Trinajstić information content (AvgIpc) is 2.60. The Labute approximate surface area is 91.3 Å². The second-order valence-corrected chi connectivity index (χ2v) is 3.74. The molecule has 5 heteroatoms. The summed E-state index contributed by atoms with van der Waals surface area (Å²) < 4.78 is 28.8. The number of alkyl halides is 2. The van der Waals surface area contributed by atoms with Gasteiger partial charge in [-0.2, -0.15) is 0 Å². The van der Waals surface area contributed by atoms with Crippen LogP contribution in [0.2, 0.25) is 0 Å². The summed E-state index contributed by atoms with van der Waals surface area (Å²) in [4.78, 5) is 4.02. The summed E-state index contributed by atoms with van der Waals surface area (Å²) >= 11 is 0. The number of rotatable bonds is 3. The van der Waals surface area contributed by atoms with Crippen LogP contribution in [0.4, 0.5) is 8.78 Å². The number of aryl methyl sites for hydroxylation is 1. The molecule has 1 N–H and O–H groups in total. The second-order valence-electron chi connectivity index (χ2n) is 3.74. The Morgan fingerprint density at radius 1 is 1.44 bits per heavy atom. The van der Waals surface area contributed by atoms with Crippen LogP contribution < -0.4 is 0 Å². The van der Waals surface area contributed by atoms with Gasteiger partial charge < -0.3 is 9.67 Å². The van der Waals surface area contributed by atoms with Crippen molar-refractivity contribution in [1.29, 1.82) is 0 Å². The van der Waals surface area contributed by atoms with Gasteiger partial charge in [-0.3, -0.25) is 0 Å². The highest BCUT2D eigenvalue weighted by Crippen LogP contribution is 2.32. The minimum absolute atomic E-state index is 0.104. The molecule has 1 heterocycles. The summed E-state index contributed by atoms with van der Waals surface area (Å²) in [6.07, 6.45) is 1.02. The van der Waals surface area contributed by atoms with Gasteiger partial charge in [-0.25, -0.2) is 13.8 Å². The van der Waals surface area contributed by atoms with Crippen LogP contribution in [0.5, 0.6) is 0 Å². The van der Waals surface area contributed by atoms with Crippen LogP contribution in [0.25, 0.3) is 11.0 Å². The molecule has 0 aliphatic rings. The van der Waals surface area contributed by atoms with Crippen molar-refractivity contribution < 1.29 is 13.9 Å². The van der Waals surface area contributed by atoms with Crippen molar-refractivity contribution in [2.24, 2.45) is 7.05 Å². The first kappa shape index (κ1) is 11.0. The number of nitrogens with zero attached hydrogens (tertiary/aromatic N) is 2. The number of benzene rings is 1. The van der Waals surface area contributed by atoms with E-state index in [1.165, 1.54) is 12.1 Å². The lowest BCUT2D eigenvalue weighted by Gasteiger charge is -2.15. The van der Waals surface area contributed by atoms with Gasteiger partial charge in [0.1, 0.15) is 0 Å². The van der Waals surface area contributed by atoms with E-state index in [-0.39, 0.29) is 5.56 Å². The highest BCUT2D eigenvalue weighted by molar-refractivity contribution is 5.76. The van der Waals surface area contributed by atoms with Gasteiger partial charge in [0.15, 0.2) is 0 Å². The molecule has 1 aromatic carbocycles. The minimum atomic E-state index is -3.00. The first-order chi connectivity index (χ1) is 7.54. The summed E-state index contributed by atoms with van der Waals surface area (Å²) in [5.74, 6) is -3.00. The van der Waals surface area contributed by atoms with Crippen LogP contribution in [0.1, 0.15) is 12.0 Å². The zero-order chi connectivity index (χ0) is 11.8. The largest absolute Gasteiger partial charge is 0.396 e. The molecule has 0 aliphatic carbocycles. The SMILES string of the molecule is Cn1cnc2cc(C(F)(F)CCO)ccc21. The molecule has 0 aliphatic heterocycles. The van der Waals surface area contributed by atoms with Crippen LogP contribution in [-0.4, -0.2) is 21.3 Å². The second kappa shape index (κ2) is 3.83. The van der Waals surface area contributed by atoms with Crippen molar-refractivity contribution in [3.05, 3.63) is 30.1 Å². The van der Waals surface area contributed by atoms with E-state index in [0.29, 0.717) is 5.52 Å². The summed E-state index contributed by atoms with van der Waals surface area (Å²) in [5.41, 5.74) is 1.24. The maximum atomic E-state index is 13.5. The van der Waals surface area contributed by atoms with E-state index in [0.717, 1.165) is 5.52 Å². The third kappa shape index (κ3) is 1.78. The molecule has 2 rings (SSSR count). The lowest BCUT2D eigenvalue weighted by atomic mass is 10.1. The zero-order valence-corrected chi connectivity index (χ0v) is 8.82. The first-order valence-corrected chi connectivity index (χ1v) is 4.95. The molecule has 0 fully saturated rings. The van der Waals surface area contributed by atoms with Crippen LogP contribution in [0.3, 0.4) is 0 Å². The number of aromatic nitrogens is 2. The lowest BCUT2D eigenvalue weighted by molar-refractivity contribution is -0.0268. The molecule has 0 saturated heterocycles. The molecule has 0 saturated carbocycles. The Kier molecular flexibility index (Phi) is 2.63. The van der Waals surface area contributed by atoms with Gasteiger partial charge in [-0.15, -0.1) is 0 Å². The maximum Gasteiger partial charge on any atom is 0.275 e. The van der Waals surface area contributed by atoms with Gasteiger partial charge in [0, 0.05) is 25.6 Å². The van der Waals surface area contributed by atoms with E-state index >= 15 is 0 Å². The van der Waals surface area contributed by atoms with E-state index in [2.05, 4.69) is 4.98 Å². The zero-order valence-electron chi connectivity index (χ0n) is 8.82. The monoisotopic (exact) mass is 226 g/mol. The Balaban J connectivity index is 2.46. The highest BCUT2D eigenvalue weighted by Gasteiger charge is 2.31. The van der Waals surface area contributed by atoms with Gasteiger partial charge >= 0.3 is 0 Å². The molecule has 3 nitrogen and oxygen atoms in total. The summed E-state index contributed by atoms with van der Waals surface area (Å²) in [6, 6.07) is 4.35.